The van der Waals surface area contributed by atoms with Gasteiger partial charge in [-0.3, -0.25) is 14.9 Å². The van der Waals surface area contributed by atoms with Crippen LogP contribution in [-0.2, 0) is 4.74 Å². The molecular weight excluding hydrogens is 306 g/mol. The summed E-state index contributed by atoms with van der Waals surface area (Å²) in [5.74, 6) is -0.169. The summed E-state index contributed by atoms with van der Waals surface area (Å²) in [6, 6.07) is 6.27. The molecular formula is C14H17N3O4S. The number of benzene rings is 1. The summed E-state index contributed by atoms with van der Waals surface area (Å²) in [6.07, 6.45) is 0. The van der Waals surface area contributed by atoms with Gasteiger partial charge in [-0.1, -0.05) is 0 Å². The van der Waals surface area contributed by atoms with E-state index < -0.39 is 4.92 Å². The van der Waals surface area contributed by atoms with E-state index >= 15 is 0 Å². The fourth-order valence-corrected chi connectivity index (χ4v) is 2.87. The van der Waals surface area contributed by atoms with Crippen LogP contribution in [0.25, 0.3) is 10.1 Å². The molecule has 0 atom stereocenters. The van der Waals surface area contributed by atoms with Crippen molar-refractivity contribution >= 4 is 33.0 Å². The lowest BCUT2D eigenvalue weighted by Gasteiger charge is -2.05. The highest BCUT2D eigenvalue weighted by molar-refractivity contribution is 7.20. The van der Waals surface area contributed by atoms with E-state index in [1.54, 1.807) is 19.2 Å². The number of nitrogens with zero attached hydrogens (tertiary/aromatic N) is 1. The second-order valence-corrected chi connectivity index (χ2v) is 5.67. The number of hydrogen-bond donors (Lipinski definition) is 2. The van der Waals surface area contributed by atoms with Crippen LogP contribution in [0.3, 0.4) is 0 Å². The highest BCUT2D eigenvalue weighted by Gasteiger charge is 2.12. The molecule has 0 radical (unpaired) electrons. The van der Waals surface area contributed by atoms with Gasteiger partial charge in [-0.2, -0.15) is 0 Å². The molecule has 7 nitrogen and oxygen atoms in total. The van der Waals surface area contributed by atoms with Crippen molar-refractivity contribution in [2.75, 3.05) is 33.4 Å². The Labute approximate surface area is 131 Å². The van der Waals surface area contributed by atoms with Crippen LogP contribution in [0.4, 0.5) is 5.69 Å². The molecule has 22 heavy (non-hydrogen) atoms. The van der Waals surface area contributed by atoms with E-state index in [2.05, 4.69) is 10.6 Å². The van der Waals surface area contributed by atoms with Crippen molar-refractivity contribution in [2.45, 2.75) is 0 Å². The second kappa shape index (κ2) is 7.83. The predicted molar refractivity (Wildman–Crippen MR) is 85.6 cm³/mol. The van der Waals surface area contributed by atoms with Crippen molar-refractivity contribution in [1.29, 1.82) is 0 Å². The molecule has 118 valence electrons. The zero-order valence-corrected chi connectivity index (χ0v) is 12.9. The molecule has 1 amide bonds. The fourth-order valence-electron chi connectivity index (χ4n) is 1.91. The van der Waals surface area contributed by atoms with Crippen molar-refractivity contribution in [1.82, 2.24) is 10.6 Å². The highest BCUT2D eigenvalue weighted by Crippen LogP contribution is 2.28. The molecule has 0 bridgehead atoms. The normalized spacial score (nSPS) is 10.8. The Kier molecular flexibility index (Phi) is 5.82. The summed E-state index contributed by atoms with van der Waals surface area (Å²) in [5, 5.41) is 17.4. The number of fused-ring (bicyclic) bond motifs is 1. The van der Waals surface area contributed by atoms with Crippen LogP contribution in [0, 0.1) is 10.1 Å². The number of carbonyl (C=O) groups excluding carboxylic acids is 1. The number of methoxy groups -OCH3 is 1. The average molecular weight is 323 g/mol. The number of nitrogens with one attached hydrogen (secondary N) is 2. The number of carbonyl (C=O) groups is 1. The summed E-state index contributed by atoms with van der Waals surface area (Å²) in [6.45, 7) is 2.53. The number of thiophene rings is 1. The van der Waals surface area contributed by atoms with Gasteiger partial charge in [-0.15, -0.1) is 11.3 Å². The van der Waals surface area contributed by atoms with Gasteiger partial charge in [0.15, 0.2) is 0 Å². The maximum absolute atomic E-state index is 12.0. The number of hydrogen-bond acceptors (Lipinski definition) is 6. The van der Waals surface area contributed by atoms with Gasteiger partial charge in [0.2, 0.25) is 0 Å². The zero-order chi connectivity index (χ0) is 15.9. The molecule has 2 aromatic rings. The molecule has 0 saturated heterocycles. The van der Waals surface area contributed by atoms with E-state index in [-0.39, 0.29) is 11.6 Å². The van der Waals surface area contributed by atoms with Crippen LogP contribution in [0.2, 0.25) is 0 Å². The van der Waals surface area contributed by atoms with E-state index in [0.717, 1.165) is 11.2 Å². The smallest absolute Gasteiger partial charge is 0.270 e. The Hall–Kier alpha value is -2.03. The first-order chi connectivity index (χ1) is 10.6. The number of nitro benzene ring substituents is 1. The van der Waals surface area contributed by atoms with E-state index in [1.165, 1.54) is 23.5 Å². The summed E-state index contributed by atoms with van der Waals surface area (Å²) >= 11 is 1.32. The number of non-ortho nitro benzene ring substituents is 1. The SMILES string of the molecule is COCCNCCNC(=O)c1cc2cc([N+](=O)[O-])ccc2s1. The topological polar surface area (TPSA) is 93.5 Å². The summed E-state index contributed by atoms with van der Waals surface area (Å²) in [5.41, 5.74) is 0.0274. The summed E-state index contributed by atoms with van der Waals surface area (Å²) < 4.78 is 5.76. The zero-order valence-electron chi connectivity index (χ0n) is 12.1. The third-order valence-electron chi connectivity index (χ3n) is 3.00. The minimum Gasteiger partial charge on any atom is -0.383 e. The molecule has 0 aliphatic rings. The first kappa shape index (κ1) is 16.3. The molecule has 0 unspecified atom stereocenters. The van der Waals surface area contributed by atoms with Crippen LogP contribution >= 0.6 is 11.3 Å². The average Bonchev–Trinajstić information content (AvgIpc) is 2.93. The Morgan fingerprint density at radius 1 is 1.32 bits per heavy atom. The minimum atomic E-state index is -0.442. The number of amides is 1. The molecule has 0 spiro atoms. The molecule has 0 fully saturated rings. The molecule has 8 heteroatoms. The van der Waals surface area contributed by atoms with Crippen LogP contribution in [0.1, 0.15) is 9.67 Å². The van der Waals surface area contributed by atoms with Gasteiger partial charge in [-0.05, 0) is 12.1 Å². The molecule has 1 heterocycles. The van der Waals surface area contributed by atoms with Crippen molar-refractivity contribution in [3.05, 3.63) is 39.3 Å². The molecule has 1 aromatic carbocycles. The molecule has 0 aliphatic heterocycles. The Bertz CT molecular complexity index is 671. The van der Waals surface area contributed by atoms with E-state index in [9.17, 15) is 14.9 Å². The number of nitro groups is 1. The van der Waals surface area contributed by atoms with Gasteiger partial charge in [0.1, 0.15) is 0 Å². The number of ether oxygens (including phenoxy) is 1. The lowest BCUT2D eigenvalue weighted by atomic mass is 10.2. The lowest BCUT2D eigenvalue weighted by molar-refractivity contribution is -0.384. The second-order valence-electron chi connectivity index (χ2n) is 4.59. The van der Waals surface area contributed by atoms with Crippen molar-refractivity contribution in [2.24, 2.45) is 0 Å². The molecule has 0 saturated carbocycles. The van der Waals surface area contributed by atoms with Gasteiger partial charge in [0.05, 0.1) is 16.4 Å². The van der Waals surface area contributed by atoms with Gasteiger partial charge in [0.25, 0.3) is 11.6 Å². The molecule has 2 rings (SSSR count). The fraction of sp³-hybridized carbons (Fsp3) is 0.357. The van der Waals surface area contributed by atoms with Crippen molar-refractivity contribution in [3.63, 3.8) is 0 Å². The maximum Gasteiger partial charge on any atom is 0.270 e. The predicted octanol–water partition coefficient (Wildman–Crippen LogP) is 1.78. The summed E-state index contributed by atoms with van der Waals surface area (Å²) in [4.78, 5) is 22.9. The first-order valence-corrected chi connectivity index (χ1v) is 7.59. The van der Waals surface area contributed by atoms with Gasteiger partial charge in [-0.25, -0.2) is 0 Å². The van der Waals surface area contributed by atoms with E-state index in [4.69, 9.17) is 4.74 Å². The Morgan fingerprint density at radius 2 is 2.14 bits per heavy atom. The largest absolute Gasteiger partial charge is 0.383 e. The third kappa shape index (κ3) is 4.23. The maximum atomic E-state index is 12.0. The minimum absolute atomic E-state index is 0.0274. The lowest BCUT2D eigenvalue weighted by Crippen LogP contribution is -2.32. The monoisotopic (exact) mass is 323 g/mol. The van der Waals surface area contributed by atoms with Gasteiger partial charge in [0, 0.05) is 49.0 Å². The van der Waals surface area contributed by atoms with Crippen molar-refractivity contribution < 1.29 is 14.5 Å². The van der Waals surface area contributed by atoms with Crippen LogP contribution in [0.15, 0.2) is 24.3 Å². The van der Waals surface area contributed by atoms with E-state index in [0.29, 0.717) is 30.0 Å². The van der Waals surface area contributed by atoms with Crippen LogP contribution in [-0.4, -0.2) is 44.2 Å². The van der Waals surface area contributed by atoms with Gasteiger partial charge < -0.3 is 15.4 Å². The Balaban J connectivity index is 1.92. The standard InChI is InChI=1S/C14H17N3O4S/c1-21-7-6-15-4-5-16-14(18)13-9-10-8-11(17(19)20)2-3-12(10)22-13/h2-3,8-9,15H,4-7H2,1H3,(H,16,18). The van der Waals surface area contributed by atoms with Crippen LogP contribution < -0.4 is 10.6 Å². The molecule has 0 aliphatic carbocycles. The first-order valence-electron chi connectivity index (χ1n) is 6.77. The third-order valence-corrected chi connectivity index (χ3v) is 4.12. The Morgan fingerprint density at radius 3 is 2.86 bits per heavy atom. The van der Waals surface area contributed by atoms with E-state index in [1.807, 2.05) is 0 Å². The van der Waals surface area contributed by atoms with Gasteiger partial charge >= 0.3 is 0 Å². The highest BCUT2D eigenvalue weighted by atomic mass is 32.1. The summed E-state index contributed by atoms with van der Waals surface area (Å²) in [7, 11) is 1.63. The molecule has 2 N–H and O–H groups in total. The van der Waals surface area contributed by atoms with Crippen LogP contribution in [0.5, 0.6) is 0 Å². The van der Waals surface area contributed by atoms with Crippen molar-refractivity contribution in [3.8, 4) is 0 Å². The molecule has 1 aromatic heterocycles. The quantitative estimate of drug-likeness (QED) is 0.439. The number of rotatable bonds is 8.